The molecule has 120 valence electrons. The van der Waals surface area contributed by atoms with E-state index >= 15 is 0 Å². The third-order valence-corrected chi connectivity index (χ3v) is 4.89. The van der Waals surface area contributed by atoms with Crippen molar-refractivity contribution >= 4 is 28.2 Å². The molecule has 1 aromatic carbocycles. The molecule has 0 spiro atoms. The monoisotopic (exact) mass is 330 g/mol. The number of nitrogens with one attached hydrogen (secondary N) is 1. The van der Waals surface area contributed by atoms with Crippen molar-refractivity contribution in [1.82, 2.24) is 4.98 Å². The Labute approximate surface area is 138 Å². The summed E-state index contributed by atoms with van der Waals surface area (Å²) in [5.41, 5.74) is 1.51. The van der Waals surface area contributed by atoms with Crippen LogP contribution in [0.1, 0.15) is 29.4 Å². The second kappa shape index (κ2) is 7.02. The van der Waals surface area contributed by atoms with E-state index in [-0.39, 0.29) is 17.6 Å². The summed E-state index contributed by atoms with van der Waals surface area (Å²) in [4.78, 5) is 29.2. The first kappa shape index (κ1) is 15.8. The first-order valence-electron chi connectivity index (χ1n) is 7.61. The largest absolute Gasteiger partial charge is 0.381 e. The minimum absolute atomic E-state index is 0.0447. The average Bonchev–Trinajstić information content (AvgIpc) is 3.00. The summed E-state index contributed by atoms with van der Waals surface area (Å²) in [6.45, 7) is 2.75. The second-order valence-corrected chi connectivity index (χ2v) is 6.49. The SMILES string of the molecule is CC(=O)c1sc(NC(=O)C2CCOCC2)nc1-c1ccccc1. The Hall–Kier alpha value is -2.05. The molecule has 3 rings (SSSR count). The molecule has 0 bridgehead atoms. The molecule has 0 unspecified atom stereocenters. The lowest BCUT2D eigenvalue weighted by Crippen LogP contribution is -2.28. The molecule has 0 atom stereocenters. The molecule has 5 nitrogen and oxygen atoms in total. The van der Waals surface area contributed by atoms with Crippen molar-refractivity contribution in [2.75, 3.05) is 18.5 Å². The molecule has 1 fully saturated rings. The van der Waals surface area contributed by atoms with Gasteiger partial charge in [-0.2, -0.15) is 0 Å². The normalized spacial score (nSPS) is 15.3. The van der Waals surface area contributed by atoms with Gasteiger partial charge < -0.3 is 10.1 Å². The fraction of sp³-hybridized carbons (Fsp3) is 0.353. The third-order valence-electron chi connectivity index (χ3n) is 3.82. The molecule has 1 amide bonds. The van der Waals surface area contributed by atoms with E-state index in [0.717, 1.165) is 18.4 Å². The Kier molecular flexibility index (Phi) is 4.83. The van der Waals surface area contributed by atoms with Gasteiger partial charge >= 0.3 is 0 Å². The van der Waals surface area contributed by atoms with E-state index in [1.165, 1.54) is 18.3 Å². The maximum Gasteiger partial charge on any atom is 0.229 e. The standard InChI is InChI=1S/C17H18N2O3S/c1-11(20)15-14(12-5-3-2-4-6-12)18-17(23-15)19-16(21)13-7-9-22-10-8-13/h2-6,13H,7-10H2,1H3,(H,18,19,21). The fourth-order valence-electron chi connectivity index (χ4n) is 2.57. The summed E-state index contributed by atoms with van der Waals surface area (Å²) in [6, 6.07) is 9.53. The van der Waals surface area contributed by atoms with Crippen LogP contribution < -0.4 is 5.32 Å². The number of ether oxygens (including phenoxy) is 1. The number of benzene rings is 1. The smallest absolute Gasteiger partial charge is 0.229 e. The number of thiazole rings is 1. The number of nitrogens with zero attached hydrogens (tertiary/aromatic N) is 1. The molecule has 2 aromatic rings. The van der Waals surface area contributed by atoms with Crippen LogP contribution in [-0.4, -0.2) is 29.9 Å². The maximum atomic E-state index is 12.3. The molecule has 1 N–H and O–H groups in total. The van der Waals surface area contributed by atoms with Gasteiger partial charge in [0.1, 0.15) is 0 Å². The minimum Gasteiger partial charge on any atom is -0.381 e. The molecule has 0 aliphatic carbocycles. The minimum atomic E-state index is -0.0482. The number of hydrogen-bond donors (Lipinski definition) is 1. The summed E-state index contributed by atoms with van der Waals surface area (Å²) >= 11 is 1.23. The lowest BCUT2D eigenvalue weighted by Gasteiger charge is -2.20. The molecule has 0 saturated carbocycles. The molecule has 1 saturated heterocycles. The summed E-state index contributed by atoms with van der Waals surface area (Å²) in [5, 5.41) is 3.34. The van der Waals surface area contributed by atoms with Crippen molar-refractivity contribution in [1.29, 1.82) is 0 Å². The van der Waals surface area contributed by atoms with Crippen LogP contribution in [0.4, 0.5) is 5.13 Å². The molecule has 6 heteroatoms. The van der Waals surface area contributed by atoms with Gasteiger partial charge in [0.2, 0.25) is 5.91 Å². The van der Waals surface area contributed by atoms with E-state index in [9.17, 15) is 9.59 Å². The van der Waals surface area contributed by atoms with Crippen molar-refractivity contribution in [2.24, 2.45) is 5.92 Å². The van der Waals surface area contributed by atoms with Crippen molar-refractivity contribution in [3.63, 3.8) is 0 Å². The van der Waals surface area contributed by atoms with Crippen LogP contribution in [-0.2, 0) is 9.53 Å². The van der Waals surface area contributed by atoms with E-state index in [0.29, 0.717) is 28.9 Å². The van der Waals surface area contributed by atoms with Gasteiger partial charge in [0.15, 0.2) is 10.9 Å². The van der Waals surface area contributed by atoms with E-state index in [4.69, 9.17) is 4.74 Å². The third kappa shape index (κ3) is 3.65. The molecule has 1 aromatic heterocycles. The summed E-state index contributed by atoms with van der Waals surface area (Å²) < 4.78 is 5.27. The zero-order valence-electron chi connectivity index (χ0n) is 12.9. The molecule has 2 heterocycles. The number of carbonyl (C=O) groups is 2. The van der Waals surface area contributed by atoms with Crippen LogP contribution >= 0.6 is 11.3 Å². The van der Waals surface area contributed by atoms with Crippen molar-refractivity contribution < 1.29 is 14.3 Å². The Balaban J connectivity index is 1.83. The second-order valence-electron chi connectivity index (χ2n) is 5.49. The van der Waals surface area contributed by atoms with Gasteiger partial charge in [-0.05, 0) is 12.8 Å². The predicted molar refractivity (Wildman–Crippen MR) is 89.7 cm³/mol. The number of aromatic nitrogens is 1. The topological polar surface area (TPSA) is 68.3 Å². The summed E-state index contributed by atoms with van der Waals surface area (Å²) in [6.07, 6.45) is 1.45. The highest BCUT2D eigenvalue weighted by Gasteiger charge is 2.24. The number of rotatable bonds is 4. The van der Waals surface area contributed by atoms with Crippen molar-refractivity contribution in [3.05, 3.63) is 35.2 Å². The van der Waals surface area contributed by atoms with Gasteiger partial charge in [-0.15, -0.1) is 0 Å². The highest BCUT2D eigenvalue weighted by atomic mass is 32.1. The molecular formula is C17H18N2O3S. The van der Waals surface area contributed by atoms with Gasteiger partial charge in [-0.3, -0.25) is 9.59 Å². The quantitative estimate of drug-likeness (QED) is 0.873. The molecule has 1 aliphatic heterocycles. The zero-order chi connectivity index (χ0) is 16.2. The van der Waals surface area contributed by atoms with Gasteiger partial charge in [0.05, 0.1) is 10.6 Å². The molecular weight excluding hydrogens is 312 g/mol. The van der Waals surface area contributed by atoms with Crippen LogP contribution in [0.3, 0.4) is 0 Å². The van der Waals surface area contributed by atoms with Gasteiger partial charge in [0, 0.05) is 31.6 Å². The van der Waals surface area contributed by atoms with Crippen molar-refractivity contribution in [3.8, 4) is 11.3 Å². The number of carbonyl (C=O) groups excluding carboxylic acids is 2. The Morgan fingerprint density at radius 3 is 2.57 bits per heavy atom. The Morgan fingerprint density at radius 1 is 1.22 bits per heavy atom. The van der Waals surface area contributed by atoms with E-state index in [1.807, 2.05) is 30.3 Å². The molecule has 23 heavy (non-hydrogen) atoms. The molecule has 0 radical (unpaired) electrons. The summed E-state index contributed by atoms with van der Waals surface area (Å²) in [7, 11) is 0. The van der Waals surface area contributed by atoms with Gasteiger partial charge in [-0.1, -0.05) is 41.7 Å². The summed E-state index contributed by atoms with van der Waals surface area (Å²) in [5.74, 6) is -0.140. The predicted octanol–water partition coefficient (Wildman–Crippen LogP) is 3.38. The average molecular weight is 330 g/mol. The molecule has 1 aliphatic rings. The van der Waals surface area contributed by atoms with Crippen LogP contribution in [0.5, 0.6) is 0 Å². The van der Waals surface area contributed by atoms with Crippen LogP contribution in [0.25, 0.3) is 11.3 Å². The highest BCUT2D eigenvalue weighted by Crippen LogP contribution is 2.32. The number of hydrogen-bond acceptors (Lipinski definition) is 5. The fourth-order valence-corrected chi connectivity index (χ4v) is 3.46. The van der Waals surface area contributed by atoms with Gasteiger partial charge in [0.25, 0.3) is 0 Å². The number of anilines is 1. The van der Waals surface area contributed by atoms with E-state index in [2.05, 4.69) is 10.3 Å². The maximum absolute atomic E-state index is 12.3. The van der Waals surface area contributed by atoms with Crippen LogP contribution in [0.15, 0.2) is 30.3 Å². The van der Waals surface area contributed by atoms with Crippen molar-refractivity contribution in [2.45, 2.75) is 19.8 Å². The number of Topliss-reactive ketones (excluding diaryl/α,β-unsaturated/α-hetero) is 1. The number of ketones is 1. The highest BCUT2D eigenvalue weighted by molar-refractivity contribution is 7.18. The Morgan fingerprint density at radius 2 is 1.91 bits per heavy atom. The first-order chi connectivity index (χ1) is 11.1. The van der Waals surface area contributed by atoms with E-state index in [1.54, 1.807) is 0 Å². The van der Waals surface area contributed by atoms with Gasteiger partial charge in [-0.25, -0.2) is 4.98 Å². The lowest BCUT2D eigenvalue weighted by atomic mass is 10.00. The lowest BCUT2D eigenvalue weighted by molar-refractivity contribution is -0.122. The first-order valence-corrected chi connectivity index (χ1v) is 8.42. The van der Waals surface area contributed by atoms with Crippen LogP contribution in [0.2, 0.25) is 0 Å². The number of amides is 1. The zero-order valence-corrected chi connectivity index (χ0v) is 13.7. The van der Waals surface area contributed by atoms with Crippen LogP contribution in [0, 0.1) is 5.92 Å². The van der Waals surface area contributed by atoms with E-state index < -0.39 is 0 Å². The Bertz CT molecular complexity index is 706.